The summed E-state index contributed by atoms with van der Waals surface area (Å²) in [6.07, 6.45) is 0. The largest absolute Gasteiger partial charge is 0.449 e. The van der Waals surface area contributed by atoms with Crippen LogP contribution >= 0.6 is 0 Å². The molecule has 1 aliphatic heterocycles. The molecule has 14 heavy (non-hydrogen) atoms. The highest BCUT2D eigenvalue weighted by atomic mass is 16.7. The molecule has 0 spiro atoms. The van der Waals surface area contributed by atoms with E-state index in [1.54, 1.807) is 0 Å². The summed E-state index contributed by atoms with van der Waals surface area (Å²) in [6, 6.07) is 5.63. The predicted molar refractivity (Wildman–Crippen MR) is 50.8 cm³/mol. The van der Waals surface area contributed by atoms with E-state index in [0.717, 1.165) is 17.1 Å². The van der Waals surface area contributed by atoms with Crippen LogP contribution in [-0.2, 0) is 11.4 Å². The smallest absolute Gasteiger partial charge is 0.246 e. The number of fused-ring (bicyclic) bond motifs is 1. The maximum atomic E-state index is 5.56. The quantitative estimate of drug-likeness (QED) is 0.728. The van der Waals surface area contributed by atoms with Gasteiger partial charge < -0.3 is 9.47 Å². The monoisotopic (exact) mass is 195 g/mol. The first-order valence-electron chi connectivity index (χ1n) is 4.43. The standard InChI is InChI=1S/C10H13NO3/c1-10(2)13-8-4-3-7(6-12-11)5-9(8)14-10/h3-5H,6,11H2,1-2H3. The first-order chi connectivity index (χ1) is 6.61. The van der Waals surface area contributed by atoms with E-state index >= 15 is 0 Å². The highest BCUT2D eigenvalue weighted by Crippen LogP contribution is 2.39. The summed E-state index contributed by atoms with van der Waals surface area (Å²) in [7, 11) is 0. The van der Waals surface area contributed by atoms with Crippen LogP contribution in [0.5, 0.6) is 11.5 Å². The Balaban J connectivity index is 2.26. The Labute approximate surface area is 82.5 Å². The summed E-state index contributed by atoms with van der Waals surface area (Å²) in [4.78, 5) is 4.54. The molecule has 0 aliphatic carbocycles. The van der Waals surface area contributed by atoms with E-state index in [1.807, 2.05) is 32.0 Å². The van der Waals surface area contributed by atoms with Crippen LogP contribution in [0.25, 0.3) is 0 Å². The van der Waals surface area contributed by atoms with Gasteiger partial charge in [-0.05, 0) is 17.7 Å². The molecule has 0 radical (unpaired) electrons. The van der Waals surface area contributed by atoms with Crippen LogP contribution in [0.15, 0.2) is 18.2 Å². The number of benzene rings is 1. The fourth-order valence-electron chi connectivity index (χ4n) is 1.45. The second-order valence-electron chi connectivity index (χ2n) is 3.70. The maximum Gasteiger partial charge on any atom is 0.246 e. The molecule has 1 heterocycles. The van der Waals surface area contributed by atoms with Gasteiger partial charge in [0, 0.05) is 13.8 Å². The third-order valence-electron chi connectivity index (χ3n) is 1.97. The molecule has 1 aromatic carbocycles. The van der Waals surface area contributed by atoms with Crippen LogP contribution in [0, 0.1) is 0 Å². The zero-order valence-electron chi connectivity index (χ0n) is 8.24. The van der Waals surface area contributed by atoms with Crippen molar-refractivity contribution in [2.24, 2.45) is 5.90 Å². The van der Waals surface area contributed by atoms with Crippen molar-refractivity contribution < 1.29 is 14.3 Å². The van der Waals surface area contributed by atoms with Crippen molar-refractivity contribution in [3.63, 3.8) is 0 Å². The Bertz CT molecular complexity index is 349. The summed E-state index contributed by atoms with van der Waals surface area (Å²) in [5.74, 6) is 5.91. The summed E-state index contributed by atoms with van der Waals surface area (Å²) in [5.41, 5.74) is 0.965. The van der Waals surface area contributed by atoms with Gasteiger partial charge in [-0.1, -0.05) is 6.07 Å². The molecular weight excluding hydrogens is 182 g/mol. The van der Waals surface area contributed by atoms with Crippen LogP contribution in [-0.4, -0.2) is 5.79 Å². The van der Waals surface area contributed by atoms with Crippen LogP contribution in [0.2, 0.25) is 0 Å². The second kappa shape index (κ2) is 3.15. The molecule has 0 bridgehead atoms. The van der Waals surface area contributed by atoms with Gasteiger partial charge in [0.25, 0.3) is 0 Å². The van der Waals surface area contributed by atoms with E-state index in [-0.39, 0.29) is 0 Å². The van der Waals surface area contributed by atoms with Gasteiger partial charge in [-0.25, -0.2) is 5.90 Å². The Hall–Kier alpha value is -1.26. The second-order valence-corrected chi connectivity index (χ2v) is 3.70. The van der Waals surface area contributed by atoms with Gasteiger partial charge in [0.05, 0.1) is 6.61 Å². The van der Waals surface area contributed by atoms with Gasteiger partial charge in [-0.15, -0.1) is 0 Å². The molecule has 0 amide bonds. The lowest BCUT2D eigenvalue weighted by molar-refractivity contribution is -0.0431. The molecule has 0 saturated carbocycles. The minimum Gasteiger partial charge on any atom is -0.449 e. The van der Waals surface area contributed by atoms with Crippen molar-refractivity contribution in [3.8, 4) is 11.5 Å². The fourth-order valence-corrected chi connectivity index (χ4v) is 1.45. The van der Waals surface area contributed by atoms with Gasteiger partial charge in [-0.2, -0.15) is 0 Å². The Kier molecular flexibility index (Phi) is 2.09. The zero-order chi connectivity index (χ0) is 10.2. The lowest BCUT2D eigenvalue weighted by Gasteiger charge is -2.16. The first-order valence-corrected chi connectivity index (χ1v) is 4.43. The molecule has 0 fully saturated rings. The molecule has 2 N–H and O–H groups in total. The van der Waals surface area contributed by atoms with E-state index in [4.69, 9.17) is 15.4 Å². The van der Waals surface area contributed by atoms with Crippen molar-refractivity contribution >= 4 is 0 Å². The molecule has 76 valence electrons. The number of hydrogen-bond donors (Lipinski definition) is 1. The zero-order valence-corrected chi connectivity index (χ0v) is 8.24. The van der Waals surface area contributed by atoms with E-state index in [2.05, 4.69) is 4.84 Å². The highest BCUT2D eigenvalue weighted by molar-refractivity contribution is 5.45. The van der Waals surface area contributed by atoms with Crippen LogP contribution < -0.4 is 15.4 Å². The molecule has 1 aromatic rings. The molecule has 4 heteroatoms. The lowest BCUT2D eigenvalue weighted by atomic mass is 10.2. The predicted octanol–water partition coefficient (Wildman–Crippen LogP) is 1.58. The van der Waals surface area contributed by atoms with Gasteiger partial charge in [0.2, 0.25) is 5.79 Å². The molecule has 0 atom stereocenters. The Morgan fingerprint density at radius 2 is 2.00 bits per heavy atom. The van der Waals surface area contributed by atoms with Gasteiger partial charge in [-0.3, -0.25) is 4.84 Å². The van der Waals surface area contributed by atoms with Crippen LogP contribution in [0.3, 0.4) is 0 Å². The van der Waals surface area contributed by atoms with Crippen molar-refractivity contribution in [2.75, 3.05) is 0 Å². The maximum absolute atomic E-state index is 5.56. The Morgan fingerprint density at radius 1 is 1.29 bits per heavy atom. The summed E-state index contributed by atoms with van der Waals surface area (Å²) < 4.78 is 11.1. The number of ether oxygens (including phenoxy) is 2. The number of hydrogen-bond acceptors (Lipinski definition) is 4. The van der Waals surface area contributed by atoms with Crippen molar-refractivity contribution in [3.05, 3.63) is 23.8 Å². The molecule has 0 saturated heterocycles. The topological polar surface area (TPSA) is 53.7 Å². The normalized spacial score (nSPS) is 17.1. The van der Waals surface area contributed by atoms with Gasteiger partial charge in [0.1, 0.15) is 0 Å². The SMILES string of the molecule is CC1(C)Oc2ccc(CON)cc2O1. The highest BCUT2D eigenvalue weighted by Gasteiger charge is 2.31. The lowest BCUT2D eigenvalue weighted by Crippen LogP contribution is -2.29. The van der Waals surface area contributed by atoms with E-state index in [9.17, 15) is 0 Å². The van der Waals surface area contributed by atoms with Crippen molar-refractivity contribution in [1.82, 2.24) is 0 Å². The van der Waals surface area contributed by atoms with E-state index in [1.165, 1.54) is 0 Å². The minimum absolute atomic E-state index is 0.372. The summed E-state index contributed by atoms with van der Waals surface area (Å²) in [6.45, 7) is 4.11. The number of nitrogens with two attached hydrogens (primary N) is 1. The molecule has 0 aromatic heterocycles. The molecular formula is C10H13NO3. The summed E-state index contributed by atoms with van der Waals surface area (Å²) >= 11 is 0. The van der Waals surface area contributed by atoms with Gasteiger partial charge in [0.15, 0.2) is 11.5 Å². The van der Waals surface area contributed by atoms with E-state index < -0.39 is 5.79 Å². The Morgan fingerprint density at radius 3 is 2.71 bits per heavy atom. The summed E-state index contributed by atoms with van der Waals surface area (Å²) in [5, 5.41) is 0. The molecule has 0 unspecified atom stereocenters. The molecule has 1 aliphatic rings. The average molecular weight is 195 g/mol. The van der Waals surface area contributed by atoms with Gasteiger partial charge >= 0.3 is 0 Å². The third-order valence-corrected chi connectivity index (χ3v) is 1.97. The average Bonchev–Trinajstić information content (AvgIpc) is 2.38. The third kappa shape index (κ3) is 1.66. The van der Waals surface area contributed by atoms with Crippen LogP contribution in [0.1, 0.15) is 19.4 Å². The fraction of sp³-hybridized carbons (Fsp3) is 0.400. The first kappa shape index (κ1) is 9.30. The van der Waals surface area contributed by atoms with Crippen LogP contribution in [0.4, 0.5) is 0 Å². The van der Waals surface area contributed by atoms with E-state index in [0.29, 0.717) is 6.61 Å². The van der Waals surface area contributed by atoms with Crippen molar-refractivity contribution in [2.45, 2.75) is 26.2 Å². The molecule has 4 nitrogen and oxygen atoms in total. The number of rotatable bonds is 2. The minimum atomic E-state index is -0.579. The van der Waals surface area contributed by atoms with Crippen molar-refractivity contribution in [1.29, 1.82) is 0 Å². The molecule has 2 rings (SSSR count).